The van der Waals surface area contributed by atoms with Gasteiger partial charge in [0.2, 0.25) is 5.91 Å². The fourth-order valence-corrected chi connectivity index (χ4v) is 1.14. The van der Waals surface area contributed by atoms with Gasteiger partial charge in [-0.1, -0.05) is 27.7 Å². The maximum Gasteiger partial charge on any atom is 0.237 e. The lowest BCUT2D eigenvalue weighted by molar-refractivity contribution is -0.124. The second-order valence-electron chi connectivity index (χ2n) is 5.10. The Balaban J connectivity index is 3.58. The van der Waals surface area contributed by atoms with Gasteiger partial charge in [0.1, 0.15) is 0 Å². The minimum Gasteiger partial charge on any atom is -0.381 e. The van der Waals surface area contributed by atoms with Gasteiger partial charge >= 0.3 is 0 Å². The summed E-state index contributed by atoms with van der Waals surface area (Å²) in [5, 5.41) is 2.82. The fourth-order valence-electron chi connectivity index (χ4n) is 1.14. The van der Waals surface area contributed by atoms with Gasteiger partial charge in [-0.25, -0.2) is 0 Å². The fraction of sp³-hybridized carbons (Fsp3) is 0.917. The number of hydrogen-bond acceptors (Lipinski definition) is 3. The predicted octanol–water partition coefficient (Wildman–Crippen LogP) is 1.29. The Morgan fingerprint density at radius 2 is 2.00 bits per heavy atom. The monoisotopic (exact) mass is 230 g/mol. The third-order valence-electron chi connectivity index (χ3n) is 2.33. The van der Waals surface area contributed by atoms with Gasteiger partial charge in [-0.05, 0) is 18.3 Å². The van der Waals surface area contributed by atoms with Crippen LogP contribution in [0.25, 0.3) is 0 Å². The van der Waals surface area contributed by atoms with Crippen LogP contribution in [0.2, 0.25) is 0 Å². The van der Waals surface area contributed by atoms with E-state index in [9.17, 15) is 4.79 Å². The molecule has 0 spiro atoms. The highest BCUT2D eigenvalue weighted by Gasteiger charge is 2.26. The van der Waals surface area contributed by atoms with Gasteiger partial charge in [0.05, 0.1) is 6.04 Å². The third-order valence-corrected chi connectivity index (χ3v) is 2.33. The molecule has 96 valence electrons. The van der Waals surface area contributed by atoms with Gasteiger partial charge in [0, 0.05) is 19.8 Å². The van der Waals surface area contributed by atoms with E-state index in [2.05, 4.69) is 12.2 Å². The van der Waals surface area contributed by atoms with E-state index in [-0.39, 0.29) is 11.3 Å². The van der Waals surface area contributed by atoms with Crippen LogP contribution < -0.4 is 11.1 Å². The van der Waals surface area contributed by atoms with Crippen molar-refractivity contribution in [3.63, 3.8) is 0 Å². The van der Waals surface area contributed by atoms with Crippen molar-refractivity contribution < 1.29 is 9.53 Å². The van der Waals surface area contributed by atoms with Crippen molar-refractivity contribution in [3.05, 3.63) is 0 Å². The summed E-state index contributed by atoms with van der Waals surface area (Å²) < 4.78 is 5.31. The molecule has 0 aromatic carbocycles. The summed E-state index contributed by atoms with van der Waals surface area (Å²) >= 11 is 0. The number of ether oxygens (including phenoxy) is 1. The van der Waals surface area contributed by atoms with Crippen molar-refractivity contribution in [2.24, 2.45) is 11.1 Å². The molecule has 0 bridgehead atoms. The van der Waals surface area contributed by atoms with Crippen molar-refractivity contribution in [2.75, 3.05) is 19.8 Å². The Kier molecular flexibility index (Phi) is 7.34. The zero-order chi connectivity index (χ0) is 12.6. The average molecular weight is 230 g/mol. The lowest BCUT2D eigenvalue weighted by Gasteiger charge is -2.25. The molecule has 0 aromatic heterocycles. The molecule has 0 unspecified atom stereocenters. The van der Waals surface area contributed by atoms with Crippen molar-refractivity contribution >= 4 is 5.91 Å². The van der Waals surface area contributed by atoms with Gasteiger partial charge in [0.25, 0.3) is 0 Å². The lowest BCUT2D eigenvalue weighted by atomic mass is 9.87. The molecule has 0 aliphatic heterocycles. The molecule has 0 saturated carbocycles. The van der Waals surface area contributed by atoms with Crippen LogP contribution in [-0.2, 0) is 9.53 Å². The van der Waals surface area contributed by atoms with E-state index < -0.39 is 6.04 Å². The standard InChI is InChI=1S/C12H26N2O2/c1-5-8-16-9-6-7-14-11(15)10(13)12(2,3)4/h10H,5-9,13H2,1-4H3,(H,14,15)/t10-/m1/s1. The number of nitrogens with two attached hydrogens (primary N) is 1. The second kappa shape index (κ2) is 7.63. The average Bonchev–Trinajstić information content (AvgIpc) is 2.20. The van der Waals surface area contributed by atoms with Gasteiger partial charge in [-0.2, -0.15) is 0 Å². The number of rotatable bonds is 7. The smallest absolute Gasteiger partial charge is 0.237 e. The summed E-state index contributed by atoms with van der Waals surface area (Å²) in [7, 11) is 0. The van der Waals surface area contributed by atoms with Gasteiger partial charge in [-0.3, -0.25) is 4.79 Å². The number of nitrogens with one attached hydrogen (secondary N) is 1. The highest BCUT2D eigenvalue weighted by Crippen LogP contribution is 2.16. The predicted molar refractivity (Wildman–Crippen MR) is 66.2 cm³/mol. The van der Waals surface area contributed by atoms with Crippen molar-refractivity contribution in [1.29, 1.82) is 0 Å². The van der Waals surface area contributed by atoms with Crippen LogP contribution in [0.3, 0.4) is 0 Å². The van der Waals surface area contributed by atoms with Crippen LogP contribution in [-0.4, -0.2) is 31.7 Å². The van der Waals surface area contributed by atoms with E-state index in [1.165, 1.54) is 0 Å². The molecule has 0 aliphatic carbocycles. The number of amides is 1. The van der Waals surface area contributed by atoms with Gasteiger partial charge < -0.3 is 15.8 Å². The quantitative estimate of drug-likeness (QED) is 0.648. The van der Waals surface area contributed by atoms with Crippen LogP contribution in [0, 0.1) is 5.41 Å². The van der Waals surface area contributed by atoms with Crippen LogP contribution in [0.4, 0.5) is 0 Å². The summed E-state index contributed by atoms with van der Waals surface area (Å²) in [4.78, 5) is 11.6. The van der Waals surface area contributed by atoms with Crippen LogP contribution in [0.5, 0.6) is 0 Å². The molecular formula is C12H26N2O2. The minimum absolute atomic E-state index is 0.0806. The second-order valence-corrected chi connectivity index (χ2v) is 5.10. The zero-order valence-corrected chi connectivity index (χ0v) is 11.0. The SMILES string of the molecule is CCCOCCCNC(=O)[C@@H](N)C(C)(C)C. The van der Waals surface area contributed by atoms with Crippen molar-refractivity contribution in [1.82, 2.24) is 5.32 Å². The first kappa shape index (κ1) is 15.4. The Hall–Kier alpha value is -0.610. The molecule has 16 heavy (non-hydrogen) atoms. The van der Waals surface area contributed by atoms with E-state index in [0.717, 1.165) is 19.4 Å². The van der Waals surface area contributed by atoms with Crippen LogP contribution in [0.15, 0.2) is 0 Å². The Bertz CT molecular complexity index is 200. The summed E-state index contributed by atoms with van der Waals surface area (Å²) in [5.74, 6) is -0.0806. The number of carbonyl (C=O) groups excluding carboxylic acids is 1. The molecule has 0 aromatic rings. The topological polar surface area (TPSA) is 64.3 Å². The molecule has 1 atom stereocenters. The molecule has 1 amide bonds. The highest BCUT2D eigenvalue weighted by atomic mass is 16.5. The molecule has 0 rings (SSSR count). The van der Waals surface area contributed by atoms with E-state index in [0.29, 0.717) is 13.2 Å². The molecular weight excluding hydrogens is 204 g/mol. The molecule has 0 heterocycles. The summed E-state index contributed by atoms with van der Waals surface area (Å²) in [6, 6.07) is -0.455. The molecule has 3 N–H and O–H groups in total. The van der Waals surface area contributed by atoms with E-state index in [1.54, 1.807) is 0 Å². The minimum atomic E-state index is -0.455. The molecule has 4 heteroatoms. The normalized spacial score (nSPS) is 13.6. The Labute approximate surface area is 98.9 Å². The lowest BCUT2D eigenvalue weighted by Crippen LogP contribution is -2.48. The van der Waals surface area contributed by atoms with Gasteiger partial charge in [0.15, 0.2) is 0 Å². The van der Waals surface area contributed by atoms with Gasteiger partial charge in [-0.15, -0.1) is 0 Å². The van der Waals surface area contributed by atoms with E-state index in [1.807, 2.05) is 20.8 Å². The Morgan fingerprint density at radius 1 is 1.38 bits per heavy atom. The first-order valence-corrected chi connectivity index (χ1v) is 6.00. The number of hydrogen-bond donors (Lipinski definition) is 2. The zero-order valence-electron chi connectivity index (χ0n) is 11.0. The summed E-state index contributed by atoms with van der Waals surface area (Å²) in [6.45, 7) is 10.1. The molecule has 0 fully saturated rings. The summed E-state index contributed by atoms with van der Waals surface area (Å²) in [5.41, 5.74) is 5.62. The third kappa shape index (κ3) is 6.80. The molecule has 0 radical (unpaired) electrons. The van der Waals surface area contributed by atoms with Crippen molar-refractivity contribution in [2.45, 2.75) is 46.6 Å². The molecule has 0 saturated heterocycles. The van der Waals surface area contributed by atoms with E-state index in [4.69, 9.17) is 10.5 Å². The first-order chi connectivity index (χ1) is 7.39. The van der Waals surface area contributed by atoms with Crippen molar-refractivity contribution in [3.8, 4) is 0 Å². The maximum absolute atomic E-state index is 11.6. The summed E-state index contributed by atoms with van der Waals surface area (Å²) in [6.07, 6.45) is 1.86. The highest BCUT2D eigenvalue weighted by molar-refractivity contribution is 5.82. The first-order valence-electron chi connectivity index (χ1n) is 6.00. The van der Waals surface area contributed by atoms with Crippen LogP contribution >= 0.6 is 0 Å². The Morgan fingerprint density at radius 3 is 2.50 bits per heavy atom. The largest absolute Gasteiger partial charge is 0.381 e. The van der Waals surface area contributed by atoms with E-state index >= 15 is 0 Å². The molecule has 4 nitrogen and oxygen atoms in total. The van der Waals surface area contributed by atoms with Crippen LogP contribution in [0.1, 0.15) is 40.5 Å². The number of carbonyl (C=O) groups is 1. The molecule has 0 aliphatic rings. The maximum atomic E-state index is 11.6.